The SMILES string of the molecule is Cc1ccc(CS(=O)(=O)Nc2ccc(Oc3cc(-n4ccnc4C)nc(C)n3)cc2)cc1. The highest BCUT2D eigenvalue weighted by Gasteiger charge is 2.12. The Kier molecular flexibility index (Phi) is 5.91. The van der Waals surface area contributed by atoms with Gasteiger partial charge in [-0.1, -0.05) is 29.8 Å². The number of hydrogen-bond acceptors (Lipinski definition) is 6. The molecule has 164 valence electrons. The number of anilines is 1. The van der Waals surface area contributed by atoms with Crippen LogP contribution in [0.4, 0.5) is 5.69 Å². The molecule has 4 aromatic rings. The Morgan fingerprint density at radius 3 is 2.34 bits per heavy atom. The predicted octanol–water partition coefficient (Wildman–Crippen LogP) is 4.32. The first kappa shape index (κ1) is 21.5. The van der Waals surface area contributed by atoms with E-state index in [1.54, 1.807) is 43.5 Å². The van der Waals surface area contributed by atoms with E-state index in [1.165, 1.54) is 0 Å². The number of rotatable bonds is 7. The third-order valence-corrected chi connectivity index (χ3v) is 5.96. The first-order valence-electron chi connectivity index (χ1n) is 9.97. The minimum absolute atomic E-state index is 0.0951. The molecule has 2 heterocycles. The third-order valence-electron chi connectivity index (χ3n) is 4.70. The average Bonchev–Trinajstić information content (AvgIpc) is 3.16. The van der Waals surface area contributed by atoms with Crippen LogP contribution in [0.5, 0.6) is 11.6 Å². The Hall–Kier alpha value is -3.72. The van der Waals surface area contributed by atoms with Gasteiger partial charge in [-0.15, -0.1) is 0 Å². The van der Waals surface area contributed by atoms with Crippen LogP contribution in [0.2, 0.25) is 0 Å². The molecule has 2 aromatic heterocycles. The number of aryl methyl sites for hydroxylation is 3. The Labute approximate surface area is 187 Å². The minimum atomic E-state index is -3.53. The van der Waals surface area contributed by atoms with Gasteiger partial charge in [-0.05, 0) is 50.6 Å². The molecule has 1 N–H and O–H groups in total. The van der Waals surface area contributed by atoms with E-state index < -0.39 is 10.0 Å². The Morgan fingerprint density at radius 1 is 0.969 bits per heavy atom. The van der Waals surface area contributed by atoms with Crippen LogP contribution >= 0.6 is 0 Å². The van der Waals surface area contributed by atoms with E-state index in [0.717, 1.165) is 17.0 Å². The molecule has 0 radical (unpaired) electrons. The highest BCUT2D eigenvalue weighted by atomic mass is 32.2. The molecule has 0 unspecified atom stereocenters. The molecule has 0 bridgehead atoms. The summed E-state index contributed by atoms with van der Waals surface area (Å²) in [5, 5.41) is 0. The first-order valence-corrected chi connectivity index (χ1v) is 11.6. The quantitative estimate of drug-likeness (QED) is 0.451. The summed E-state index contributed by atoms with van der Waals surface area (Å²) in [7, 11) is -3.53. The van der Waals surface area contributed by atoms with Crippen molar-refractivity contribution in [2.75, 3.05) is 4.72 Å². The predicted molar refractivity (Wildman–Crippen MR) is 123 cm³/mol. The molecule has 0 aliphatic carbocycles. The molecule has 0 atom stereocenters. The minimum Gasteiger partial charge on any atom is -0.439 e. The Morgan fingerprint density at radius 2 is 1.69 bits per heavy atom. The van der Waals surface area contributed by atoms with E-state index in [2.05, 4.69) is 19.7 Å². The van der Waals surface area contributed by atoms with E-state index in [1.807, 2.05) is 48.9 Å². The van der Waals surface area contributed by atoms with E-state index in [-0.39, 0.29) is 5.75 Å². The van der Waals surface area contributed by atoms with E-state index in [9.17, 15) is 8.42 Å². The van der Waals surface area contributed by atoms with Crippen molar-refractivity contribution in [3.63, 3.8) is 0 Å². The summed E-state index contributed by atoms with van der Waals surface area (Å²) in [4.78, 5) is 13.0. The Bertz CT molecular complexity index is 1330. The van der Waals surface area contributed by atoms with Crippen LogP contribution in [-0.2, 0) is 15.8 Å². The fourth-order valence-corrected chi connectivity index (χ4v) is 4.35. The average molecular weight is 450 g/mol. The maximum atomic E-state index is 12.5. The van der Waals surface area contributed by atoms with Crippen LogP contribution in [0, 0.1) is 20.8 Å². The van der Waals surface area contributed by atoms with Crippen molar-refractivity contribution in [3.8, 4) is 17.4 Å². The molecular formula is C23H23N5O3S. The second-order valence-electron chi connectivity index (χ2n) is 7.43. The van der Waals surface area contributed by atoms with Gasteiger partial charge >= 0.3 is 0 Å². The molecule has 0 fully saturated rings. The van der Waals surface area contributed by atoms with E-state index in [4.69, 9.17) is 4.74 Å². The molecule has 4 rings (SSSR count). The van der Waals surface area contributed by atoms with Crippen LogP contribution in [0.3, 0.4) is 0 Å². The van der Waals surface area contributed by atoms with Crippen LogP contribution in [0.1, 0.15) is 22.8 Å². The lowest BCUT2D eigenvalue weighted by molar-refractivity contribution is 0.459. The molecule has 0 aliphatic rings. The van der Waals surface area contributed by atoms with Crippen molar-refractivity contribution in [1.82, 2.24) is 19.5 Å². The number of imidazole rings is 1. The summed E-state index contributed by atoms with van der Waals surface area (Å²) in [5.74, 6) is 2.83. The van der Waals surface area contributed by atoms with Gasteiger partial charge in [0.15, 0.2) is 0 Å². The van der Waals surface area contributed by atoms with Crippen LogP contribution in [0.15, 0.2) is 67.0 Å². The van der Waals surface area contributed by atoms with Gasteiger partial charge in [-0.25, -0.2) is 18.4 Å². The van der Waals surface area contributed by atoms with Crippen LogP contribution in [-0.4, -0.2) is 27.9 Å². The summed E-state index contributed by atoms with van der Waals surface area (Å²) in [6, 6.07) is 15.8. The zero-order valence-electron chi connectivity index (χ0n) is 18.0. The van der Waals surface area contributed by atoms with Gasteiger partial charge in [-0.3, -0.25) is 9.29 Å². The van der Waals surface area contributed by atoms with Crippen LogP contribution < -0.4 is 9.46 Å². The molecule has 0 spiro atoms. The summed E-state index contributed by atoms with van der Waals surface area (Å²) >= 11 is 0. The molecule has 0 aliphatic heterocycles. The third kappa shape index (κ3) is 5.30. The zero-order chi connectivity index (χ0) is 22.7. The maximum Gasteiger partial charge on any atom is 0.236 e. The molecule has 0 amide bonds. The molecule has 0 saturated carbocycles. The van der Waals surface area contributed by atoms with Gasteiger partial charge in [0.05, 0.1) is 5.75 Å². The number of aromatic nitrogens is 4. The van der Waals surface area contributed by atoms with Crippen molar-refractivity contribution in [2.45, 2.75) is 26.5 Å². The summed E-state index contributed by atoms with van der Waals surface area (Å²) in [6.45, 7) is 5.63. The molecule has 0 saturated heterocycles. The lowest BCUT2D eigenvalue weighted by Crippen LogP contribution is -2.15. The van der Waals surface area contributed by atoms with Crippen molar-refractivity contribution < 1.29 is 13.2 Å². The summed E-state index contributed by atoms with van der Waals surface area (Å²) < 4.78 is 35.3. The van der Waals surface area contributed by atoms with Gasteiger partial charge in [-0.2, -0.15) is 4.98 Å². The van der Waals surface area contributed by atoms with Gasteiger partial charge in [0.25, 0.3) is 0 Å². The standard InChI is InChI=1S/C23H23N5O3S/c1-16-4-6-19(7-5-16)15-32(29,30)27-20-8-10-21(11-9-20)31-23-14-22(25-17(2)26-23)28-13-12-24-18(28)3/h4-14,27H,15H2,1-3H3. The second kappa shape index (κ2) is 8.80. The van der Waals surface area contributed by atoms with Crippen molar-refractivity contribution in [3.05, 3.63) is 89.8 Å². The van der Waals surface area contributed by atoms with Crippen LogP contribution in [0.25, 0.3) is 5.82 Å². The number of hydrogen-bond donors (Lipinski definition) is 1. The van der Waals surface area contributed by atoms with E-state index in [0.29, 0.717) is 29.0 Å². The highest BCUT2D eigenvalue weighted by molar-refractivity contribution is 7.91. The highest BCUT2D eigenvalue weighted by Crippen LogP contribution is 2.24. The van der Waals surface area contributed by atoms with Gasteiger partial charge in [0.2, 0.25) is 15.9 Å². The number of benzene rings is 2. The Balaban J connectivity index is 1.45. The van der Waals surface area contributed by atoms with Crippen molar-refractivity contribution in [1.29, 1.82) is 0 Å². The lowest BCUT2D eigenvalue weighted by atomic mass is 10.2. The van der Waals surface area contributed by atoms with Gasteiger partial charge < -0.3 is 4.74 Å². The maximum absolute atomic E-state index is 12.5. The summed E-state index contributed by atoms with van der Waals surface area (Å²) in [6.07, 6.45) is 3.52. The van der Waals surface area contributed by atoms with Crippen molar-refractivity contribution in [2.24, 2.45) is 0 Å². The topological polar surface area (TPSA) is 99.0 Å². The molecular weight excluding hydrogens is 426 g/mol. The van der Waals surface area contributed by atoms with E-state index >= 15 is 0 Å². The zero-order valence-corrected chi connectivity index (χ0v) is 18.8. The fraction of sp³-hybridized carbons (Fsp3) is 0.174. The molecule has 8 nitrogen and oxygen atoms in total. The van der Waals surface area contributed by atoms with Crippen molar-refractivity contribution >= 4 is 15.7 Å². The van der Waals surface area contributed by atoms with Gasteiger partial charge in [0, 0.05) is 24.1 Å². The normalized spacial score (nSPS) is 11.3. The number of sulfonamides is 1. The number of nitrogens with one attached hydrogen (secondary N) is 1. The first-order chi connectivity index (χ1) is 15.3. The largest absolute Gasteiger partial charge is 0.439 e. The number of ether oxygens (including phenoxy) is 1. The lowest BCUT2D eigenvalue weighted by Gasteiger charge is -2.11. The molecule has 9 heteroatoms. The van der Waals surface area contributed by atoms with Gasteiger partial charge in [0.1, 0.15) is 23.2 Å². The second-order valence-corrected chi connectivity index (χ2v) is 9.15. The number of nitrogens with zero attached hydrogens (tertiary/aromatic N) is 4. The smallest absolute Gasteiger partial charge is 0.236 e. The molecule has 2 aromatic carbocycles. The monoisotopic (exact) mass is 449 g/mol. The molecule has 32 heavy (non-hydrogen) atoms. The summed E-state index contributed by atoms with van der Waals surface area (Å²) in [5.41, 5.74) is 2.27. The fourth-order valence-electron chi connectivity index (χ4n) is 3.15.